The number of nitrogens with two attached hydrogens (primary N) is 1. The molecule has 0 unspecified atom stereocenters. The van der Waals surface area contributed by atoms with Gasteiger partial charge >= 0.3 is 5.97 Å². The molecule has 0 saturated heterocycles. The van der Waals surface area contributed by atoms with Crippen molar-refractivity contribution in [2.75, 3.05) is 18.2 Å². The van der Waals surface area contributed by atoms with Gasteiger partial charge in [0.15, 0.2) is 5.69 Å². The quantitative estimate of drug-likeness (QED) is 0.425. The first-order chi connectivity index (χ1) is 13.2. The zero-order valence-electron chi connectivity index (χ0n) is 14.9. The average molecular weight is 357 g/mol. The number of hydrogen-bond donors (Lipinski definition) is 2. The number of esters is 1. The van der Waals surface area contributed by atoms with Crippen LogP contribution in [0.5, 0.6) is 0 Å². The molecule has 0 spiro atoms. The van der Waals surface area contributed by atoms with E-state index in [1.807, 2.05) is 48.5 Å². The van der Waals surface area contributed by atoms with Gasteiger partial charge in [-0.3, -0.25) is 0 Å². The minimum Gasteiger partial charge on any atom is -0.464 e. The molecule has 0 bridgehead atoms. The maximum absolute atomic E-state index is 12.0. The molecule has 0 atom stereocenters. The smallest absolute Gasteiger partial charge is 0.358 e. The fourth-order valence-corrected chi connectivity index (χ4v) is 2.47. The Hall–Kier alpha value is -3.78. The van der Waals surface area contributed by atoms with Crippen molar-refractivity contribution in [3.05, 3.63) is 89.2 Å². The third kappa shape index (κ3) is 4.65. The van der Waals surface area contributed by atoms with Gasteiger partial charge in [0.1, 0.15) is 0 Å². The number of rotatable bonds is 4. The molecule has 0 fully saturated rings. The number of aromatic nitrogens is 1. The Morgan fingerprint density at radius 2 is 1.85 bits per heavy atom. The monoisotopic (exact) mass is 357 g/mol. The van der Waals surface area contributed by atoms with Gasteiger partial charge < -0.3 is 15.8 Å². The normalized spacial score (nSPS) is 9.81. The van der Waals surface area contributed by atoms with Crippen LogP contribution in [-0.2, 0) is 11.3 Å². The van der Waals surface area contributed by atoms with E-state index < -0.39 is 5.97 Å². The minimum absolute atomic E-state index is 0.221. The number of carbonyl (C=O) groups is 1. The van der Waals surface area contributed by atoms with Crippen molar-refractivity contribution in [1.82, 2.24) is 4.98 Å². The number of nitrogen functional groups attached to an aromatic ring is 1. The minimum atomic E-state index is -0.502. The highest BCUT2D eigenvalue weighted by molar-refractivity contribution is 5.93. The Balaban J connectivity index is 1.89. The van der Waals surface area contributed by atoms with Crippen molar-refractivity contribution in [2.45, 2.75) is 6.54 Å². The zero-order chi connectivity index (χ0) is 19.1. The van der Waals surface area contributed by atoms with Crippen molar-refractivity contribution in [1.29, 1.82) is 0 Å². The maximum atomic E-state index is 12.0. The van der Waals surface area contributed by atoms with Crippen molar-refractivity contribution >= 4 is 17.3 Å². The van der Waals surface area contributed by atoms with E-state index in [-0.39, 0.29) is 5.69 Å². The molecule has 2 aromatic carbocycles. The van der Waals surface area contributed by atoms with Gasteiger partial charge in [-0.2, -0.15) is 0 Å². The molecule has 0 aliphatic carbocycles. The van der Waals surface area contributed by atoms with Crippen LogP contribution in [0.3, 0.4) is 0 Å². The molecule has 0 aliphatic heterocycles. The molecule has 27 heavy (non-hydrogen) atoms. The summed E-state index contributed by atoms with van der Waals surface area (Å²) in [5.74, 6) is 5.57. The lowest BCUT2D eigenvalue weighted by Crippen LogP contribution is -2.11. The number of nitrogens with one attached hydrogen (secondary N) is 1. The van der Waals surface area contributed by atoms with E-state index in [1.54, 1.807) is 18.3 Å². The number of anilines is 2. The highest BCUT2D eigenvalue weighted by Crippen LogP contribution is 2.18. The highest BCUT2D eigenvalue weighted by atomic mass is 16.5. The highest BCUT2D eigenvalue weighted by Gasteiger charge is 2.14. The Morgan fingerprint density at radius 3 is 2.59 bits per heavy atom. The number of para-hydroxylation sites is 1. The van der Waals surface area contributed by atoms with Gasteiger partial charge in [0.05, 0.1) is 12.8 Å². The van der Waals surface area contributed by atoms with Gasteiger partial charge in [0, 0.05) is 29.6 Å². The summed E-state index contributed by atoms with van der Waals surface area (Å²) >= 11 is 0. The van der Waals surface area contributed by atoms with Crippen molar-refractivity contribution < 1.29 is 9.53 Å². The summed E-state index contributed by atoms with van der Waals surface area (Å²) in [6.07, 6.45) is 1.55. The topological polar surface area (TPSA) is 77.2 Å². The van der Waals surface area contributed by atoms with Crippen LogP contribution >= 0.6 is 0 Å². The summed E-state index contributed by atoms with van der Waals surface area (Å²) < 4.78 is 4.82. The molecule has 0 aliphatic rings. The van der Waals surface area contributed by atoms with E-state index in [1.165, 1.54) is 7.11 Å². The number of pyridine rings is 1. The van der Waals surface area contributed by atoms with Gasteiger partial charge in [0.25, 0.3) is 0 Å². The lowest BCUT2D eigenvalue weighted by Gasteiger charge is -2.10. The van der Waals surface area contributed by atoms with Crippen molar-refractivity contribution in [3.63, 3.8) is 0 Å². The van der Waals surface area contributed by atoms with Crippen LogP contribution in [0.25, 0.3) is 0 Å². The summed E-state index contributed by atoms with van der Waals surface area (Å²) in [5, 5.41) is 3.24. The van der Waals surface area contributed by atoms with Gasteiger partial charge in [-0.15, -0.1) is 0 Å². The molecular weight excluding hydrogens is 338 g/mol. The van der Waals surface area contributed by atoms with E-state index in [9.17, 15) is 4.79 Å². The second-order valence-electron chi connectivity index (χ2n) is 5.79. The molecule has 3 N–H and O–H groups in total. The number of ether oxygens (including phenoxy) is 1. The molecule has 3 rings (SSSR count). The second-order valence-corrected chi connectivity index (χ2v) is 5.79. The molecule has 1 aromatic heterocycles. The Bertz CT molecular complexity index is 1000. The summed E-state index contributed by atoms with van der Waals surface area (Å²) in [5.41, 5.74) is 9.82. The van der Waals surface area contributed by atoms with Crippen LogP contribution in [0, 0.1) is 11.8 Å². The molecule has 5 heteroatoms. The fourth-order valence-electron chi connectivity index (χ4n) is 2.47. The largest absolute Gasteiger partial charge is 0.464 e. The third-order valence-corrected chi connectivity index (χ3v) is 3.89. The van der Waals surface area contributed by atoms with E-state index in [0.717, 1.165) is 11.1 Å². The number of methoxy groups -OCH3 is 1. The second kappa shape index (κ2) is 8.54. The number of benzene rings is 2. The van der Waals surface area contributed by atoms with Crippen LogP contribution in [0.15, 0.2) is 66.9 Å². The predicted octanol–water partition coefficient (Wildman–Crippen LogP) is 3.46. The number of carbonyl (C=O) groups excluding carboxylic acids is 1. The molecule has 5 nitrogen and oxygen atoms in total. The summed E-state index contributed by atoms with van der Waals surface area (Å²) in [6, 6.07) is 19.1. The first-order valence-electron chi connectivity index (χ1n) is 8.40. The van der Waals surface area contributed by atoms with Crippen LogP contribution in [0.1, 0.15) is 27.2 Å². The van der Waals surface area contributed by atoms with Gasteiger partial charge in [-0.1, -0.05) is 54.3 Å². The molecule has 134 valence electrons. The summed E-state index contributed by atoms with van der Waals surface area (Å²) in [6.45, 7) is 0.551. The standard InChI is InChI=1S/C22H19N3O2/c1-27-22(26)21-20(24-14-16-7-3-2-4-8-16)13-17(15-25-21)11-12-18-9-5-6-10-19(18)23/h2-10,13,15,24H,14,23H2,1H3. The third-order valence-electron chi connectivity index (χ3n) is 3.89. The van der Waals surface area contributed by atoms with E-state index in [2.05, 4.69) is 22.1 Å². The van der Waals surface area contributed by atoms with E-state index >= 15 is 0 Å². The van der Waals surface area contributed by atoms with Crippen LogP contribution in [-0.4, -0.2) is 18.1 Å². The molecule has 3 aromatic rings. The molecule has 0 saturated carbocycles. The number of hydrogen-bond acceptors (Lipinski definition) is 5. The van der Waals surface area contributed by atoms with Crippen LogP contribution in [0.2, 0.25) is 0 Å². The Kier molecular flexibility index (Phi) is 5.70. The molecule has 0 radical (unpaired) electrons. The maximum Gasteiger partial charge on any atom is 0.358 e. The van der Waals surface area contributed by atoms with E-state index in [4.69, 9.17) is 10.5 Å². The first kappa shape index (κ1) is 18.0. The first-order valence-corrected chi connectivity index (χ1v) is 8.40. The SMILES string of the molecule is COC(=O)c1ncc(C#Cc2ccccc2N)cc1NCc1ccccc1. The average Bonchev–Trinajstić information content (AvgIpc) is 2.72. The number of nitrogens with zero attached hydrogens (tertiary/aromatic N) is 1. The van der Waals surface area contributed by atoms with Crippen molar-refractivity contribution in [3.8, 4) is 11.8 Å². The van der Waals surface area contributed by atoms with E-state index in [0.29, 0.717) is 23.5 Å². The predicted molar refractivity (Wildman–Crippen MR) is 106 cm³/mol. The van der Waals surface area contributed by atoms with Crippen LogP contribution < -0.4 is 11.1 Å². The fraction of sp³-hybridized carbons (Fsp3) is 0.0909. The summed E-state index contributed by atoms with van der Waals surface area (Å²) in [7, 11) is 1.33. The van der Waals surface area contributed by atoms with Crippen LogP contribution in [0.4, 0.5) is 11.4 Å². The van der Waals surface area contributed by atoms with Gasteiger partial charge in [0.2, 0.25) is 0 Å². The lowest BCUT2D eigenvalue weighted by atomic mass is 10.1. The molecule has 1 heterocycles. The van der Waals surface area contributed by atoms with Gasteiger partial charge in [-0.25, -0.2) is 9.78 Å². The van der Waals surface area contributed by atoms with Gasteiger partial charge in [-0.05, 0) is 23.8 Å². The summed E-state index contributed by atoms with van der Waals surface area (Å²) in [4.78, 5) is 16.2. The molecule has 0 amide bonds. The Morgan fingerprint density at radius 1 is 1.11 bits per heavy atom. The Labute approximate surface area is 158 Å². The van der Waals surface area contributed by atoms with Crippen molar-refractivity contribution in [2.24, 2.45) is 0 Å². The molecular formula is C22H19N3O2. The lowest BCUT2D eigenvalue weighted by molar-refractivity contribution is 0.0595. The zero-order valence-corrected chi connectivity index (χ0v) is 14.9.